The van der Waals surface area contributed by atoms with Crippen LogP contribution in [0.2, 0.25) is 0 Å². The standard InChI is InChI=1S/C49H35N3O/c1-3-13-31(14-4-1)33-17-11-19-35(27-33)41-30-42(51-48(50-41)37-20-12-18-34(28-37)32-15-5-2-6-16-32)47-38-26-25-36(29-40(38)47)46-39-21-7-8-22-43(39)52-44-23-9-10-24-45(44)53-49(46)52/h1-27,29-30,37-38,40,47H,28H2. The predicted octanol–water partition coefficient (Wildman–Crippen LogP) is 12.1. The molecular weight excluding hydrogens is 647 g/mol. The highest BCUT2D eigenvalue weighted by atomic mass is 16.3. The number of hydrogen-bond acceptors (Lipinski definition) is 3. The molecule has 4 unspecified atom stereocenters. The van der Waals surface area contributed by atoms with Gasteiger partial charge in [-0.1, -0.05) is 146 Å². The van der Waals surface area contributed by atoms with Gasteiger partial charge in [0.05, 0.1) is 22.3 Å². The maximum absolute atomic E-state index is 6.57. The second kappa shape index (κ2) is 12.0. The Morgan fingerprint density at radius 2 is 1.36 bits per heavy atom. The van der Waals surface area contributed by atoms with Crippen LogP contribution < -0.4 is 0 Å². The summed E-state index contributed by atoms with van der Waals surface area (Å²) < 4.78 is 8.84. The molecule has 4 heteroatoms. The van der Waals surface area contributed by atoms with E-state index in [0.717, 1.165) is 51.6 Å². The zero-order chi connectivity index (χ0) is 34.9. The third kappa shape index (κ3) is 5.05. The lowest BCUT2D eigenvalue weighted by atomic mass is 9.89. The van der Waals surface area contributed by atoms with Gasteiger partial charge in [0.25, 0.3) is 0 Å². The Hall–Kier alpha value is -6.52. The first-order chi connectivity index (χ1) is 26.3. The summed E-state index contributed by atoms with van der Waals surface area (Å²) in [6, 6.07) is 49.2. The van der Waals surface area contributed by atoms with Gasteiger partial charge in [-0.25, -0.2) is 9.97 Å². The van der Waals surface area contributed by atoms with Gasteiger partial charge in [-0.05, 0) is 76.4 Å². The molecule has 0 spiro atoms. The fourth-order valence-corrected chi connectivity index (χ4v) is 8.71. The number of para-hydroxylation sites is 3. The van der Waals surface area contributed by atoms with Crippen molar-refractivity contribution in [3.63, 3.8) is 0 Å². The van der Waals surface area contributed by atoms with Crippen LogP contribution in [0.3, 0.4) is 0 Å². The number of allylic oxidation sites excluding steroid dienone is 8. The summed E-state index contributed by atoms with van der Waals surface area (Å²) in [4.78, 5) is 10.7. The number of fused-ring (bicyclic) bond motifs is 6. The van der Waals surface area contributed by atoms with Gasteiger partial charge in [-0.3, -0.25) is 4.40 Å². The second-order valence-electron chi connectivity index (χ2n) is 14.5. The van der Waals surface area contributed by atoms with Crippen molar-refractivity contribution >= 4 is 38.9 Å². The van der Waals surface area contributed by atoms with Crippen LogP contribution in [0.5, 0.6) is 0 Å². The summed E-state index contributed by atoms with van der Waals surface area (Å²) in [6.07, 6.45) is 14.7. The lowest BCUT2D eigenvalue weighted by Gasteiger charge is -2.19. The summed E-state index contributed by atoms with van der Waals surface area (Å²) >= 11 is 0. The second-order valence-corrected chi connectivity index (χ2v) is 14.5. The average molecular weight is 682 g/mol. The van der Waals surface area contributed by atoms with Crippen LogP contribution in [0.25, 0.3) is 61.2 Å². The van der Waals surface area contributed by atoms with Crippen LogP contribution in [0.4, 0.5) is 0 Å². The summed E-state index contributed by atoms with van der Waals surface area (Å²) in [5.41, 5.74) is 14.6. The van der Waals surface area contributed by atoms with E-state index < -0.39 is 0 Å². The third-order valence-corrected chi connectivity index (χ3v) is 11.4. The van der Waals surface area contributed by atoms with Crippen molar-refractivity contribution < 1.29 is 4.42 Å². The molecule has 1 saturated carbocycles. The molecule has 0 radical (unpaired) electrons. The van der Waals surface area contributed by atoms with Crippen LogP contribution in [0, 0.1) is 11.8 Å². The Balaban J connectivity index is 1.00. The van der Waals surface area contributed by atoms with Gasteiger partial charge in [0.1, 0.15) is 5.82 Å². The fourth-order valence-electron chi connectivity index (χ4n) is 8.71. The first kappa shape index (κ1) is 30.1. The molecule has 0 amide bonds. The molecule has 11 rings (SSSR count). The summed E-state index contributed by atoms with van der Waals surface area (Å²) in [5.74, 6) is 1.99. The quantitative estimate of drug-likeness (QED) is 0.175. The highest BCUT2D eigenvalue weighted by Gasteiger charge is 2.50. The average Bonchev–Trinajstić information content (AvgIpc) is 3.69. The van der Waals surface area contributed by atoms with E-state index in [1.807, 2.05) is 6.07 Å². The predicted molar refractivity (Wildman–Crippen MR) is 215 cm³/mol. The molecule has 0 saturated heterocycles. The monoisotopic (exact) mass is 681 g/mol. The van der Waals surface area contributed by atoms with Gasteiger partial charge in [0.2, 0.25) is 5.71 Å². The van der Waals surface area contributed by atoms with Crippen molar-refractivity contribution in [1.82, 2.24) is 14.4 Å². The molecule has 53 heavy (non-hydrogen) atoms. The minimum atomic E-state index is 0.0858. The van der Waals surface area contributed by atoms with Crippen molar-refractivity contribution in [2.24, 2.45) is 11.8 Å². The van der Waals surface area contributed by atoms with Crippen LogP contribution >= 0.6 is 0 Å². The Kier molecular flexibility index (Phi) is 6.84. The van der Waals surface area contributed by atoms with Crippen molar-refractivity contribution in [3.8, 4) is 22.4 Å². The van der Waals surface area contributed by atoms with Crippen LogP contribution in [-0.2, 0) is 0 Å². The molecule has 5 aromatic carbocycles. The van der Waals surface area contributed by atoms with Gasteiger partial charge in [0.15, 0.2) is 5.58 Å². The lowest BCUT2D eigenvalue weighted by Crippen LogP contribution is -2.09. The van der Waals surface area contributed by atoms with E-state index in [1.54, 1.807) is 0 Å². The largest absolute Gasteiger partial charge is 0.438 e. The molecule has 4 nitrogen and oxygen atoms in total. The molecule has 4 atom stereocenters. The number of aromatic nitrogens is 3. The van der Waals surface area contributed by atoms with E-state index in [1.165, 1.54) is 38.7 Å². The third-order valence-electron chi connectivity index (χ3n) is 11.4. The SMILES string of the molecule is C1=CC(c2nc(-c3cccc(-c4ccccc4)c3)cc(C3C4C=CC(c5c6ccccc6n6c5oc5ccccc56)=CC43)n2)CC(c2ccccc2)=C1. The lowest BCUT2D eigenvalue weighted by molar-refractivity contribution is 0.656. The number of nitrogens with zero attached hydrogens (tertiary/aromatic N) is 3. The Labute approximate surface area is 307 Å². The summed E-state index contributed by atoms with van der Waals surface area (Å²) in [6.45, 7) is 0. The van der Waals surface area contributed by atoms with E-state index in [4.69, 9.17) is 14.4 Å². The van der Waals surface area contributed by atoms with Crippen LogP contribution in [-0.4, -0.2) is 14.4 Å². The maximum atomic E-state index is 6.57. The van der Waals surface area contributed by atoms with Gasteiger partial charge < -0.3 is 4.42 Å². The van der Waals surface area contributed by atoms with Gasteiger partial charge in [-0.2, -0.15) is 0 Å². The molecule has 3 aliphatic carbocycles. The molecule has 3 heterocycles. The summed E-state index contributed by atoms with van der Waals surface area (Å²) in [5, 5.41) is 1.21. The van der Waals surface area contributed by atoms with Crippen LogP contribution in [0.1, 0.15) is 40.9 Å². The Bertz CT molecular complexity index is 2830. The van der Waals surface area contributed by atoms with Crippen LogP contribution in [0.15, 0.2) is 180 Å². The topological polar surface area (TPSA) is 43.3 Å². The first-order valence-corrected chi connectivity index (χ1v) is 18.6. The molecule has 0 aliphatic heterocycles. The normalized spacial score (nSPS) is 20.5. The van der Waals surface area contributed by atoms with Gasteiger partial charge >= 0.3 is 0 Å². The summed E-state index contributed by atoms with van der Waals surface area (Å²) in [7, 11) is 0. The Morgan fingerprint density at radius 1 is 0.623 bits per heavy atom. The zero-order valence-corrected chi connectivity index (χ0v) is 29.0. The molecular formula is C49H35N3O. The Morgan fingerprint density at radius 3 is 2.23 bits per heavy atom. The minimum absolute atomic E-state index is 0.0858. The first-order valence-electron chi connectivity index (χ1n) is 18.6. The highest BCUT2D eigenvalue weighted by molar-refractivity contribution is 6.05. The molecule has 8 aromatic rings. The maximum Gasteiger partial charge on any atom is 0.213 e. The van der Waals surface area contributed by atoms with E-state index in [2.05, 4.69) is 174 Å². The number of oxazole rings is 1. The van der Waals surface area contributed by atoms with Crippen molar-refractivity contribution in [2.45, 2.75) is 18.3 Å². The molecule has 252 valence electrons. The fraction of sp³-hybridized carbons (Fsp3) is 0.102. The highest BCUT2D eigenvalue weighted by Crippen LogP contribution is 2.59. The van der Waals surface area contributed by atoms with Gasteiger partial charge in [0, 0.05) is 28.5 Å². The zero-order valence-electron chi connectivity index (χ0n) is 29.0. The molecule has 3 aromatic heterocycles. The number of rotatable bonds is 6. The van der Waals surface area contributed by atoms with Gasteiger partial charge in [-0.15, -0.1) is 0 Å². The molecule has 3 aliphatic rings. The van der Waals surface area contributed by atoms with E-state index in [-0.39, 0.29) is 11.8 Å². The van der Waals surface area contributed by atoms with Crippen molar-refractivity contribution in [1.29, 1.82) is 0 Å². The smallest absolute Gasteiger partial charge is 0.213 e. The molecule has 0 N–H and O–H groups in total. The van der Waals surface area contributed by atoms with Crippen molar-refractivity contribution in [3.05, 3.63) is 199 Å². The van der Waals surface area contributed by atoms with E-state index in [9.17, 15) is 0 Å². The minimum Gasteiger partial charge on any atom is -0.438 e. The number of benzene rings is 5. The molecule has 1 fully saturated rings. The van der Waals surface area contributed by atoms with E-state index in [0.29, 0.717) is 11.8 Å². The van der Waals surface area contributed by atoms with E-state index >= 15 is 0 Å². The number of hydrogen-bond donors (Lipinski definition) is 0. The van der Waals surface area contributed by atoms with Crippen molar-refractivity contribution in [2.75, 3.05) is 0 Å². The molecule has 0 bridgehead atoms.